The lowest BCUT2D eigenvalue weighted by Gasteiger charge is -2.37. The van der Waals surface area contributed by atoms with E-state index in [0.717, 1.165) is 31.7 Å². The second-order valence-corrected chi connectivity index (χ2v) is 8.20. The number of hydrogen-bond acceptors (Lipinski definition) is 5. The molecule has 0 aliphatic carbocycles. The fourth-order valence-corrected chi connectivity index (χ4v) is 5.32. The summed E-state index contributed by atoms with van der Waals surface area (Å²) >= 11 is 0. The highest BCUT2D eigenvalue weighted by molar-refractivity contribution is 6.60. The molecule has 0 fully saturated rings. The zero-order valence-corrected chi connectivity index (χ0v) is 14.7. The summed E-state index contributed by atoms with van der Waals surface area (Å²) in [7, 11) is -2.61. The molecular weight excluding hydrogens is 272 g/mol. The highest BCUT2D eigenvalue weighted by Crippen LogP contribution is 2.28. The van der Waals surface area contributed by atoms with Crippen LogP contribution in [-0.4, -0.2) is 40.7 Å². The van der Waals surface area contributed by atoms with Crippen LogP contribution in [0.3, 0.4) is 0 Å². The van der Waals surface area contributed by atoms with E-state index >= 15 is 0 Å². The molecule has 4 N–H and O–H groups in total. The van der Waals surface area contributed by atoms with Crippen LogP contribution in [0.4, 0.5) is 0 Å². The van der Waals surface area contributed by atoms with Crippen molar-refractivity contribution in [1.29, 1.82) is 0 Å². The number of nitrogens with two attached hydrogens (primary N) is 2. The number of hydrogen-bond donors (Lipinski definition) is 2. The van der Waals surface area contributed by atoms with Gasteiger partial charge in [0.15, 0.2) is 0 Å². The van der Waals surface area contributed by atoms with Gasteiger partial charge in [0.2, 0.25) is 0 Å². The van der Waals surface area contributed by atoms with Gasteiger partial charge in [-0.05, 0) is 66.5 Å². The van der Waals surface area contributed by atoms with Crippen molar-refractivity contribution in [3.63, 3.8) is 0 Å². The van der Waals surface area contributed by atoms with Crippen molar-refractivity contribution in [2.24, 2.45) is 11.5 Å². The lowest BCUT2D eigenvalue weighted by atomic mass is 10.0. The maximum Gasteiger partial charge on any atom is 0.501 e. The smallest absolute Gasteiger partial charge is 0.374 e. The summed E-state index contributed by atoms with van der Waals surface area (Å²) in [6.07, 6.45) is 3.81. The van der Waals surface area contributed by atoms with Gasteiger partial charge in [-0.15, -0.1) is 0 Å². The first-order chi connectivity index (χ1) is 9.45. The van der Waals surface area contributed by atoms with Crippen LogP contribution in [0, 0.1) is 0 Å². The van der Waals surface area contributed by atoms with Crippen LogP contribution in [0.25, 0.3) is 0 Å². The van der Waals surface area contributed by atoms with E-state index in [-0.39, 0.29) is 5.60 Å². The molecule has 0 aliphatic heterocycles. The zero-order chi connectivity index (χ0) is 15.5. The van der Waals surface area contributed by atoms with Crippen molar-refractivity contribution < 1.29 is 13.3 Å². The summed E-state index contributed by atoms with van der Waals surface area (Å²) in [6, 6.07) is 0.831. The summed E-state index contributed by atoms with van der Waals surface area (Å²) in [5.41, 5.74) is 10.9. The van der Waals surface area contributed by atoms with Gasteiger partial charge < -0.3 is 24.7 Å². The molecule has 0 aromatic carbocycles. The third kappa shape index (κ3) is 8.34. The van der Waals surface area contributed by atoms with Crippen LogP contribution >= 0.6 is 0 Å². The highest BCUT2D eigenvalue weighted by Gasteiger charge is 2.44. The summed E-state index contributed by atoms with van der Waals surface area (Å²) < 4.78 is 18.3. The molecule has 6 heteroatoms. The molecule has 0 heterocycles. The molecule has 0 bridgehead atoms. The third-order valence-corrected chi connectivity index (χ3v) is 6.37. The minimum atomic E-state index is -2.61. The van der Waals surface area contributed by atoms with Gasteiger partial charge in [0, 0.05) is 19.3 Å². The topological polar surface area (TPSA) is 79.7 Å². The molecule has 0 amide bonds. The van der Waals surface area contributed by atoms with E-state index in [0.29, 0.717) is 26.3 Å². The Bertz CT molecular complexity index is 234. The second-order valence-electron chi connectivity index (χ2n) is 5.55. The molecule has 20 heavy (non-hydrogen) atoms. The van der Waals surface area contributed by atoms with Crippen molar-refractivity contribution in [1.82, 2.24) is 0 Å². The summed E-state index contributed by atoms with van der Waals surface area (Å²) in [5.74, 6) is 0. The SMILES string of the molecule is CCO[Si](CCCCN)(OCC)OC(C)(C)CCCN. The van der Waals surface area contributed by atoms with E-state index in [4.69, 9.17) is 24.7 Å². The molecule has 0 spiro atoms. The molecular formula is C14H34N2O3Si. The van der Waals surface area contributed by atoms with E-state index in [2.05, 4.69) is 13.8 Å². The van der Waals surface area contributed by atoms with Crippen LogP contribution in [-0.2, 0) is 13.3 Å². The van der Waals surface area contributed by atoms with Gasteiger partial charge in [-0.2, -0.15) is 0 Å². The first kappa shape index (κ1) is 20.0. The molecule has 0 saturated heterocycles. The average molecular weight is 307 g/mol. The van der Waals surface area contributed by atoms with Crippen molar-refractivity contribution >= 4 is 8.80 Å². The largest absolute Gasteiger partial charge is 0.501 e. The Morgan fingerprint density at radius 1 is 0.900 bits per heavy atom. The Labute approximate surface area is 125 Å². The lowest BCUT2D eigenvalue weighted by Crippen LogP contribution is -2.51. The zero-order valence-electron chi connectivity index (χ0n) is 13.7. The van der Waals surface area contributed by atoms with E-state index in [1.54, 1.807) is 0 Å². The molecule has 0 aromatic rings. The van der Waals surface area contributed by atoms with Gasteiger partial charge in [0.05, 0.1) is 5.60 Å². The van der Waals surface area contributed by atoms with Crippen LogP contribution < -0.4 is 11.5 Å². The van der Waals surface area contributed by atoms with Gasteiger partial charge in [-0.3, -0.25) is 0 Å². The molecule has 0 unspecified atom stereocenters. The maximum absolute atomic E-state index is 6.35. The molecule has 0 aromatic heterocycles. The lowest BCUT2D eigenvalue weighted by molar-refractivity contribution is -0.0153. The second kappa shape index (κ2) is 10.7. The fraction of sp³-hybridized carbons (Fsp3) is 1.00. The fourth-order valence-electron chi connectivity index (χ4n) is 2.22. The monoisotopic (exact) mass is 306 g/mol. The third-order valence-electron chi connectivity index (χ3n) is 3.08. The quantitative estimate of drug-likeness (QED) is 0.403. The summed E-state index contributed by atoms with van der Waals surface area (Å²) in [5, 5.41) is 0. The predicted molar refractivity (Wildman–Crippen MR) is 85.6 cm³/mol. The van der Waals surface area contributed by atoms with Gasteiger partial charge in [0.25, 0.3) is 0 Å². The molecule has 0 radical (unpaired) electrons. The van der Waals surface area contributed by atoms with E-state index in [1.165, 1.54) is 0 Å². The molecule has 0 rings (SSSR count). The van der Waals surface area contributed by atoms with Crippen LogP contribution in [0.2, 0.25) is 6.04 Å². The highest BCUT2D eigenvalue weighted by atomic mass is 28.4. The summed E-state index contributed by atoms with van der Waals surface area (Å²) in [4.78, 5) is 0. The van der Waals surface area contributed by atoms with Gasteiger partial charge in [0.1, 0.15) is 0 Å². The average Bonchev–Trinajstić information content (AvgIpc) is 2.37. The normalized spacial score (nSPS) is 12.9. The first-order valence-corrected chi connectivity index (χ1v) is 9.76. The molecule has 0 atom stereocenters. The standard InChI is InChI=1S/C14H34N2O3Si/c1-5-17-20(18-6-2,13-8-7-11-15)19-14(3,4)10-9-12-16/h5-13,15-16H2,1-4H3. The Balaban J connectivity index is 4.76. The maximum atomic E-state index is 6.35. The Kier molecular flexibility index (Phi) is 10.7. The van der Waals surface area contributed by atoms with E-state index in [1.807, 2.05) is 13.8 Å². The van der Waals surface area contributed by atoms with Gasteiger partial charge in [-0.25, -0.2) is 0 Å². The Hall–Kier alpha value is 0.0169. The van der Waals surface area contributed by atoms with Crippen molar-refractivity contribution in [3.8, 4) is 0 Å². The number of unbranched alkanes of at least 4 members (excludes halogenated alkanes) is 1. The molecule has 0 aliphatic rings. The van der Waals surface area contributed by atoms with Crippen LogP contribution in [0.15, 0.2) is 0 Å². The van der Waals surface area contributed by atoms with Crippen molar-refractivity contribution in [2.45, 2.75) is 65.0 Å². The predicted octanol–water partition coefficient (Wildman–Crippen LogP) is 2.27. The van der Waals surface area contributed by atoms with Crippen molar-refractivity contribution in [3.05, 3.63) is 0 Å². The first-order valence-electron chi connectivity index (χ1n) is 7.83. The van der Waals surface area contributed by atoms with Gasteiger partial charge >= 0.3 is 8.80 Å². The molecule has 0 saturated carbocycles. The Morgan fingerprint density at radius 3 is 1.90 bits per heavy atom. The minimum Gasteiger partial charge on any atom is -0.374 e. The van der Waals surface area contributed by atoms with Crippen molar-refractivity contribution in [2.75, 3.05) is 26.3 Å². The minimum absolute atomic E-state index is 0.265. The van der Waals surface area contributed by atoms with Crippen LogP contribution in [0.5, 0.6) is 0 Å². The van der Waals surface area contributed by atoms with Crippen LogP contribution in [0.1, 0.15) is 53.4 Å². The van der Waals surface area contributed by atoms with E-state index < -0.39 is 8.80 Å². The molecule has 122 valence electrons. The van der Waals surface area contributed by atoms with E-state index in [9.17, 15) is 0 Å². The summed E-state index contributed by atoms with van der Waals surface area (Å²) in [6.45, 7) is 10.7. The number of rotatable bonds is 13. The van der Waals surface area contributed by atoms with Gasteiger partial charge in [-0.1, -0.05) is 0 Å². The Morgan fingerprint density at radius 2 is 1.45 bits per heavy atom. The molecule has 5 nitrogen and oxygen atoms in total.